The average Bonchev–Trinajstić information content (AvgIpc) is 3.03. The molecule has 1 heterocycles. The van der Waals surface area contributed by atoms with E-state index in [9.17, 15) is 0 Å². The number of nitrogens with one attached hydrogen (secondary N) is 2. The Labute approximate surface area is 121 Å². The quantitative estimate of drug-likeness (QED) is 0.833. The van der Waals surface area contributed by atoms with Crippen LogP contribution in [0.3, 0.4) is 0 Å². The van der Waals surface area contributed by atoms with Crippen LogP contribution in [0.2, 0.25) is 0 Å². The molecule has 2 N–H and O–H groups in total. The maximum atomic E-state index is 4.13. The lowest BCUT2D eigenvalue weighted by Gasteiger charge is -2.13. The Morgan fingerprint density at radius 1 is 1.42 bits per heavy atom. The summed E-state index contributed by atoms with van der Waals surface area (Å²) in [5, 5.41) is 10.4. The predicted octanol–water partition coefficient (Wildman–Crippen LogP) is 2.78. The third kappa shape index (κ3) is 3.04. The molecule has 4 nitrogen and oxygen atoms in total. The fourth-order valence-electron chi connectivity index (χ4n) is 2.68. The van der Waals surface area contributed by atoms with E-state index in [1.165, 1.54) is 28.4 Å². The van der Waals surface area contributed by atoms with Gasteiger partial charge < -0.3 is 5.32 Å². The summed E-state index contributed by atoms with van der Waals surface area (Å²) in [7, 11) is 0. The molecular formula is C14H17BrN4. The Hall–Kier alpha value is -1.20. The average molecular weight is 321 g/mol. The van der Waals surface area contributed by atoms with Crippen molar-refractivity contribution in [3.05, 3.63) is 46.0 Å². The molecule has 5 heteroatoms. The maximum absolute atomic E-state index is 4.13. The number of hydrogen-bond donors (Lipinski definition) is 2. The van der Waals surface area contributed by atoms with Gasteiger partial charge in [-0.25, -0.2) is 4.98 Å². The van der Waals surface area contributed by atoms with E-state index in [0.717, 1.165) is 25.2 Å². The molecule has 0 aliphatic heterocycles. The van der Waals surface area contributed by atoms with E-state index >= 15 is 0 Å². The summed E-state index contributed by atoms with van der Waals surface area (Å²) >= 11 is 3.53. The molecule has 1 aromatic carbocycles. The standard InChI is InChI=1S/C14H17BrN4/c15-11-4-5-12-10(8-11)3-6-13(12)16-7-1-2-14-17-9-18-19-14/h4-5,8-9,13,16H,1-3,6-7H2,(H,17,18,19). The van der Waals surface area contributed by atoms with Crippen molar-refractivity contribution in [1.29, 1.82) is 0 Å². The van der Waals surface area contributed by atoms with Crippen molar-refractivity contribution < 1.29 is 0 Å². The highest BCUT2D eigenvalue weighted by Gasteiger charge is 2.21. The van der Waals surface area contributed by atoms with Crippen LogP contribution in [0.25, 0.3) is 0 Å². The van der Waals surface area contributed by atoms with Gasteiger partial charge in [0.15, 0.2) is 0 Å². The van der Waals surface area contributed by atoms with E-state index in [1.807, 2.05) is 0 Å². The van der Waals surface area contributed by atoms with Gasteiger partial charge in [-0.2, -0.15) is 5.10 Å². The normalized spacial score (nSPS) is 17.6. The Morgan fingerprint density at radius 3 is 3.21 bits per heavy atom. The number of rotatable bonds is 5. The van der Waals surface area contributed by atoms with Gasteiger partial charge in [0.1, 0.15) is 12.2 Å². The second-order valence-electron chi connectivity index (χ2n) is 4.92. The van der Waals surface area contributed by atoms with Crippen LogP contribution < -0.4 is 5.32 Å². The monoisotopic (exact) mass is 320 g/mol. The van der Waals surface area contributed by atoms with Gasteiger partial charge in [0.25, 0.3) is 0 Å². The van der Waals surface area contributed by atoms with Crippen molar-refractivity contribution in [2.24, 2.45) is 0 Å². The predicted molar refractivity (Wildman–Crippen MR) is 77.9 cm³/mol. The number of aromatic nitrogens is 3. The van der Waals surface area contributed by atoms with Crippen LogP contribution in [0, 0.1) is 0 Å². The summed E-state index contributed by atoms with van der Waals surface area (Å²) in [6.07, 6.45) is 5.97. The van der Waals surface area contributed by atoms with Gasteiger partial charge in [0, 0.05) is 16.9 Å². The molecule has 0 radical (unpaired) electrons. The molecular weight excluding hydrogens is 304 g/mol. The minimum Gasteiger partial charge on any atom is -0.310 e. The Kier molecular flexibility index (Phi) is 3.94. The number of nitrogens with zero attached hydrogens (tertiary/aromatic N) is 2. The van der Waals surface area contributed by atoms with Crippen molar-refractivity contribution in [2.75, 3.05) is 6.54 Å². The van der Waals surface area contributed by atoms with Crippen LogP contribution in [0.1, 0.15) is 35.8 Å². The van der Waals surface area contributed by atoms with Crippen LogP contribution in [0.5, 0.6) is 0 Å². The van der Waals surface area contributed by atoms with E-state index < -0.39 is 0 Å². The van der Waals surface area contributed by atoms with Crippen LogP contribution in [-0.2, 0) is 12.8 Å². The third-order valence-electron chi connectivity index (χ3n) is 3.63. The minimum atomic E-state index is 0.512. The first-order valence-electron chi connectivity index (χ1n) is 6.69. The fourth-order valence-corrected chi connectivity index (χ4v) is 3.09. The molecule has 1 unspecified atom stereocenters. The molecule has 0 amide bonds. The van der Waals surface area contributed by atoms with E-state index in [1.54, 1.807) is 6.33 Å². The number of aryl methyl sites for hydroxylation is 2. The zero-order valence-electron chi connectivity index (χ0n) is 10.7. The van der Waals surface area contributed by atoms with Gasteiger partial charge in [0.2, 0.25) is 0 Å². The number of aromatic amines is 1. The smallest absolute Gasteiger partial charge is 0.137 e. The van der Waals surface area contributed by atoms with Crippen LogP contribution in [0.4, 0.5) is 0 Å². The van der Waals surface area contributed by atoms with Gasteiger partial charge in [0.05, 0.1) is 0 Å². The highest BCUT2D eigenvalue weighted by atomic mass is 79.9. The van der Waals surface area contributed by atoms with Crippen molar-refractivity contribution in [2.45, 2.75) is 31.7 Å². The molecule has 1 aliphatic carbocycles. The summed E-state index contributed by atoms with van der Waals surface area (Å²) in [5.74, 6) is 0.970. The topological polar surface area (TPSA) is 53.6 Å². The Bertz CT molecular complexity index is 538. The number of H-pyrrole nitrogens is 1. The summed E-state index contributed by atoms with van der Waals surface area (Å²) in [4.78, 5) is 4.13. The molecule has 0 saturated carbocycles. The number of fused-ring (bicyclic) bond motifs is 1. The first kappa shape index (κ1) is 12.8. The molecule has 0 saturated heterocycles. The second kappa shape index (κ2) is 5.84. The van der Waals surface area contributed by atoms with Gasteiger partial charge in [-0.1, -0.05) is 22.0 Å². The summed E-state index contributed by atoms with van der Waals surface area (Å²) < 4.78 is 1.18. The van der Waals surface area contributed by atoms with Crippen molar-refractivity contribution in [3.63, 3.8) is 0 Å². The molecule has 0 bridgehead atoms. The van der Waals surface area contributed by atoms with Crippen molar-refractivity contribution in [1.82, 2.24) is 20.5 Å². The van der Waals surface area contributed by atoms with Gasteiger partial charge in [-0.05, 0) is 49.1 Å². The molecule has 2 aromatic rings. The third-order valence-corrected chi connectivity index (χ3v) is 4.12. The van der Waals surface area contributed by atoms with E-state index in [-0.39, 0.29) is 0 Å². The number of benzene rings is 1. The molecule has 19 heavy (non-hydrogen) atoms. The summed E-state index contributed by atoms with van der Waals surface area (Å²) in [6, 6.07) is 7.12. The fraction of sp³-hybridized carbons (Fsp3) is 0.429. The molecule has 1 aromatic heterocycles. The molecule has 1 atom stereocenters. The zero-order chi connectivity index (χ0) is 13.1. The van der Waals surface area contributed by atoms with Crippen molar-refractivity contribution >= 4 is 15.9 Å². The van der Waals surface area contributed by atoms with E-state index in [0.29, 0.717) is 6.04 Å². The lowest BCUT2D eigenvalue weighted by Crippen LogP contribution is -2.20. The summed E-state index contributed by atoms with van der Waals surface area (Å²) in [6.45, 7) is 1.01. The maximum Gasteiger partial charge on any atom is 0.137 e. The highest BCUT2D eigenvalue weighted by molar-refractivity contribution is 9.10. The van der Waals surface area contributed by atoms with Gasteiger partial charge in [-0.3, -0.25) is 5.10 Å². The largest absolute Gasteiger partial charge is 0.310 e. The number of hydrogen-bond acceptors (Lipinski definition) is 3. The lowest BCUT2D eigenvalue weighted by atomic mass is 10.1. The first-order chi connectivity index (χ1) is 9.33. The number of halogens is 1. The van der Waals surface area contributed by atoms with Crippen LogP contribution in [0.15, 0.2) is 29.0 Å². The van der Waals surface area contributed by atoms with Gasteiger partial charge in [-0.15, -0.1) is 0 Å². The van der Waals surface area contributed by atoms with Crippen LogP contribution in [-0.4, -0.2) is 21.7 Å². The molecule has 100 valence electrons. The highest BCUT2D eigenvalue weighted by Crippen LogP contribution is 2.32. The van der Waals surface area contributed by atoms with Gasteiger partial charge >= 0.3 is 0 Å². The first-order valence-corrected chi connectivity index (χ1v) is 7.48. The van der Waals surface area contributed by atoms with E-state index in [2.05, 4.69) is 54.6 Å². The molecule has 0 fully saturated rings. The van der Waals surface area contributed by atoms with E-state index in [4.69, 9.17) is 0 Å². The SMILES string of the molecule is Brc1ccc2c(c1)CCC2NCCCc1ncn[nH]1. The molecule has 0 spiro atoms. The lowest BCUT2D eigenvalue weighted by molar-refractivity contribution is 0.518. The minimum absolute atomic E-state index is 0.512. The summed E-state index contributed by atoms with van der Waals surface area (Å²) in [5.41, 5.74) is 2.94. The second-order valence-corrected chi connectivity index (χ2v) is 5.84. The van der Waals surface area contributed by atoms with Crippen LogP contribution >= 0.6 is 15.9 Å². The molecule has 1 aliphatic rings. The van der Waals surface area contributed by atoms with Crippen molar-refractivity contribution in [3.8, 4) is 0 Å². The Morgan fingerprint density at radius 2 is 2.37 bits per heavy atom. The zero-order valence-corrected chi connectivity index (χ0v) is 12.3. The Balaban J connectivity index is 1.50. The molecule has 3 rings (SSSR count).